The summed E-state index contributed by atoms with van der Waals surface area (Å²) in [7, 11) is 0. The third-order valence-corrected chi connectivity index (χ3v) is 10.2. The molecule has 0 bridgehead atoms. The molecule has 50 heavy (non-hydrogen) atoms. The zero-order valence-electron chi connectivity index (χ0n) is 27.0. The van der Waals surface area contributed by atoms with Crippen molar-refractivity contribution in [1.29, 1.82) is 0 Å². The number of hydrogen-bond acceptors (Lipinski definition) is 1. The molecule has 0 saturated heterocycles. The molecule has 0 atom stereocenters. The number of nitrogens with zero attached hydrogens (tertiary/aromatic N) is 5. The van der Waals surface area contributed by atoms with Crippen LogP contribution in [0.1, 0.15) is 0 Å². The molecule has 11 rings (SSSR count). The number of imidazole rings is 2. The van der Waals surface area contributed by atoms with E-state index in [2.05, 4.69) is 188 Å². The maximum absolute atomic E-state index is 4.93. The van der Waals surface area contributed by atoms with E-state index in [0.717, 1.165) is 45.0 Å². The normalized spacial score (nSPS) is 12.0. The second kappa shape index (κ2) is 10.3. The third kappa shape index (κ3) is 3.86. The molecule has 4 aromatic heterocycles. The lowest BCUT2D eigenvalue weighted by molar-refractivity contribution is 1.08. The Kier molecular flexibility index (Phi) is 5.60. The van der Waals surface area contributed by atoms with Gasteiger partial charge in [0.25, 0.3) is 0 Å². The van der Waals surface area contributed by atoms with Crippen molar-refractivity contribution in [3.63, 3.8) is 0 Å². The topological polar surface area (TPSA) is 32.1 Å². The van der Waals surface area contributed by atoms with Crippen LogP contribution in [0.3, 0.4) is 0 Å². The van der Waals surface area contributed by atoms with E-state index in [1.54, 1.807) is 0 Å². The van der Waals surface area contributed by atoms with Gasteiger partial charge in [0.2, 0.25) is 5.78 Å². The monoisotopic (exact) mass is 639 g/mol. The molecule has 0 fully saturated rings. The number of rotatable bonds is 4. The summed E-state index contributed by atoms with van der Waals surface area (Å²) in [6.07, 6.45) is 4.18. The minimum Gasteiger partial charge on any atom is -0.309 e. The molecule has 5 heteroatoms. The number of aromatic nitrogens is 5. The largest absolute Gasteiger partial charge is 0.309 e. The summed E-state index contributed by atoms with van der Waals surface area (Å²) in [5.41, 5.74) is 12.6. The fraction of sp³-hybridized carbons (Fsp3) is 0. The van der Waals surface area contributed by atoms with Gasteiger partial charge in [-0.1, -0.05) is 91.0 Å². The van der Waals surface area contributed by atoms with Crippen LogP contribution in [0.25, 0.3) is 88.6 Å². The van der Waals surface area contributed by atoms with Gasteiger partial charge in [-0.25, -0.2) is 4.98 Å². The molecular weight excluding hydrogens is 611 g/mol. The van der Waals surface area contributed by atoms with E-state index in [9.17, 15) is 0 Å². The molecule has 4 heterocycles. The Morgan fingerprint density at radius 2 is 0.880 bits per heavy atom. The fourth-order valence-corrected chi connectivity index (χ4v) is 7.99. The minimum absolute atomic E-state index is 0.905. The minimum atomic E-state index is 0.905. The molecule has 7 aromatic carbocycles. The number of benzene rings is 7. The van der Waals surface area contributed by atoms with Crippen molar-refractivity contribution in [1.82, 2.24) is 23.1 Å². The standard InChI is InChI=1S/C45H29N5/c1-5-19-40-35(15-1)36-16-2-6-20-41(36)50(40)34-23-24-43-38(29-34)37-17-3-7-21-42(37)49(43)33-14-10-12-31(28-33)30-11-9-13-32(27-30)47-25-26-48-44-22-8-4-18-39(44)46-45(47)48/h1-29H. The third-order valence-electron chi connectivity index (χ3n) is 10.2. The van der Waals surface area contributed by atoms with Crippen LogP contribution in [0.4, 0.5) is 0 Å². The molecule has 0 unspecified atom stereocenters. The first-order valence-corrected chi connectivity index (χ1v) is 17.0. The van der Waals surface area contributed by atoms with Crippen molar-refractivity contribution in [2.24, 2.45) is 0 Å². The van der Waals surface area contributed by atoms with Gasteiger partial charge in [-0.3, -0.25) is 8.97 Å². The van der Waals surface area contributed by atoms with Crippen LogP contribution >= 0.6 is 0 Å². The summed E-state index contributed by atoms with van der Waals surface area (Å²) in [5, 5.41) is 5.01. The van der Waals surface area contributed by atoms with E-state index in [1.807, 2.05) is 6.07 Å². The van der Waals surface area contributed by atoms with Gasteiger partial charge in [0.15, 0.2) is 0 Å². The van der Waals surface area contributed by atoms with Crippen molar-refractivity contribution >= 4 is 60.4 Å². The molecule has 0 spiro atoms. The van der Waals surface area contributed by atoms with Crippen molar-refractivity contribution in [3.05, 3.63) is 176 Å². The quantitative estimate of drug-likeness (QED) is 0.189. The zero-order valence-corrected chi connectivity index (χ0v) is 27.0. The van der Waals surface area contributed by atoms with E-state index >= 15 is 0 Å². The smallest absolute Gasteiger partial charge is 0.219 e. The summed E-state index contributed by atoms with van der Waals surface area (Å²) in [4.78, 5) is 4.93. The molecule has 0 amide bonds. The predicted molar refractivity (Wildman–Crippen MR) is 206 cm³/mol. The van der Waals surface area contributed by atoms with Crippen molar-refractivity contribution in [2.75, 3.05) is 0 Å². The number of para-hydroxylation sites is 5. The first kappa shape index (κ1) is 27.1. The molecule has 5 nitrogen and oxygen atoms in total. The van der Waals surface area contributed by atoms with Gasteiger partial charge in [-0.15, -0.1) is 0 Å². The highest BCUT2D eigenvalue weighted by Crippen LogP contribution is 2.37. The van der Waals surface area contributed by atoms with Crippen LogP contribution in [0, 0.1) is 0 Å². The highest BCUT2D eigenvalue weighted by Gasteiger charge is 2.17. The van der Waals surface area contributed by atoms with Gasteiger partial charge < -0.3 is 9.13 Å². The summed E-state index contributed by atoms with van der Waals surface area (Å²) in [6, 6.07) is 58.9. The first-order valence-electron chi connectivity index (χ1n) is 17.0. The summed E-state index contributed by atoms with van der Waals surface area (Å²) in [6.45, 7) is 0. The second-order valence-electron chi connectivity index (χ2n) is 13.0. The van der Waals surface area contributed by atoms with Gasteiger partial charge in [0.05, 0.1) is 33.1 Å². The molecule has 0 aliphatic heterocycles. The fourth-order valence-electron chi connectivity index (χ4n) is 7.99. The lowest BCUT2D eigenvalue weighted by Crippen LogP contribution is -1.96. The Morgan fingerprint density at radius 3 is 1.56 bits per heavy atom. The second-order valence-corrected chi connectivity index (χ2v) is 13.0. The van der Waals surface area contributed by atoms with Gasteiger partial charge in [0.1, 0.15) is 0 Å². The van der Waals surface area contributed by atoms with E-state index in [4.69, 9.17) is 4.98 Å². The molecular formula is C45H29N5. The molecule has 11 aromatic rings. The van der Waals surface area contributed by atoms with Crippen LogP contribution < -0.4 is 0 Å². The SMILES string of the molecule is c1cc(-c2cccc(-n3c4ccccc4c4cc(-n5c6ccccc6c6ccccc65)ccc43)c2)cc(-n2ccn3c4ccccc4nc23)c1. The molecule has 0 N–H and O–H groups in total. The average molecular weight is 640 g/mol. The van der Waals surface area contributed by atoms with Gasteiger partial charge in [-0.2, -0.15) is 0 Å². The lowest BCUT2D eigenvalue weighted by atomic mass is 10.0. The van der Waals surface area contributed by atoms with Crippen molar-refractivity contribution in [3.8, 4) is 28.2 Å². The highest BCUT2D eigenvalue weighted by molar-refractivity contribution is 6.12. The van der Waals surface area contributed by atoms with Gasteiger partial charge in [-0.05, 0) is 83.9 Å². The first-order chi connectivity index (χ1) is 24.8. The maximum atomic E-state index is 4.93. The Hall–Kier alpha value is -6.85. The summed E-state index contributed by atoms with van der Waals surface area (Å²) >= 11 is 0. The van der Waals surface area contributed by atoms with Crippen LogP contribution in [0.2, 0.25) is 0 Å². The zero-order chi connectivity index (χ0) is 32.8. The van der Waals surface area contributed by atoms with Crippen LogP contribution in [-0.2, 0) is 0 Å². The Balaban J connectivity index is 1.06. The Morgan fingerprint density at radius 1 is 0.360 bits per heavy atom. The average Bonchev–Trinajstić information content (AvgIpc) is 3.93. The van der Waals surface area contributed by atoms with Crippen LogP contribution in [-0.4, -0.2) is 23.1 Å². The summed E-state index contributed by atoms with van der Waals surface area (Å²) in [5.74, 6) is 0.905. The van der Waals surface area contributed by atoms with Gasteiger partial charge in [0, 0.05) is 51.0 Å². The predicted octanol–water partition coefficient (Wildman–Crippen LogP) is 11.1. The highest BCUT2D eigenvalue weighted by atomic mass is 15.2. The Bertz CT molecular complexity index is 3060. The molecule has 234 valence electrons. The summed E-state index contributed by atoms with van der Waals surface area (Å²) < 4.78 is 9.11. The Labute approximate surface area is 287 Å². The maximum Gasteiger partial charge on any atom is 0.219 e. The van der Waals surface area contributed by atoms with E-state index in [1.165, 1.54) is 43.6 Å². The number of hydrogen-bond donors (Lipinski definition) is 0. The van der Waals surface area contributed by atoms with Crippen LogP contribution in [0.15, 0.2) is 176 Å². The molecule has 0 aliphatic rings. The van der Waals surface area contributed by atoms with E-state index in [-0.39, 0.29) is 0 Å². The molecule has 0 aliphatic carbocycles. The van der Waals surface area contributed by atoms with Crippen molar-refractivity contribution in [2.45, 2.75) is 0 Å². The van der Waals surface area contributed by atoms with Crippen LogP contribution in [0.5, 0.6) is 0 Å². The van der Waals surface area contributed by atoms with Crippen molar-refractivity contribution < 1.29 is 0 Å². The van der Waals surface area contributed by atoms with E-state index < -0.39 is 0 Å². The number of fused-ring (bicyclic) bond motifs is 9. The molecule has 0 saturated carbocycles. The van der Waals surface area contributed by atoms with Gasteiger partial charge >= 0.3 is 0 Å². The van der Waals surface area contributed by atoms with E-state index in [0.29, 0.717) is 0 Å². The lowest BCUT2D eigenvalue weighted by Gasteiger charge is -2.12. The molecule has 0 radical (unpaired) electrons.